The first kappa shape index (κ1) is 14.3. The van der Waals surface area contributed by atoms with Gasteiger partial charge in [0.1, 0.15) is 12.2 Å². The zero-order valence-electron chi connectivity index (χ0n) is 11.5. The maximum atomic E-state index is 11.5. The van der Waals surface area contributed by atoms with Crippen LogP contribution in [-0.2, 0) is 0 Å². The second kappa shape index (κ2) is 5.46. The molecule has 0 amide bonds. The number of benzene rings is 1. The molecule has 0 aliphatic heterocycles. The lowest BCUT2D eigenvalue weighted by atomic mass is 10.1. The van der Waals surface area contributed by atoms with Gasteiger partial charge in [-0.3, -0.25) is 4.98 Å². The van der Waals surface area contributed by atoms with E-state index < -0.39 is 11.6 Å². The highest BCUT2D eigenvalue weighted by molar-refractivity contribution is 6.04. The number of ether oxygens (including phenoxy) is 1. The van der Waals surface area contributed by atoms with E-state index in [1.54, 1.807) is 31.2 Å². The summed E-state index contributed by atoms with van der Waals surface area (Å²) in [6.07, 6.45) is 1.90. The Bertz CT molecular complexity index is 637. The minimum Gasteiger partial charge on any atom is -0.488 e. The van der Waals surface area contributed by atoms with Gasteiger partial charge in [0.05, 0.1) is 17.3 Å². The molecular weight excluding hydrogens is 258 g/mol. The molecule has 106 valence electrons. The Labute approximate surface area is 116 Å². The van der Waals surface area contributed by atoms with E-state index in [2.05, 4.69) is 4.98 Å². The molecule has 5 heteroatoms. The van der Waals surface area contributed by atoms with Crippen molar-refractivity contribution in [3.8, 4) is 5.75 Å². The van der Waals surface area contributed by atoms with Crippen molar-refractivity contribution in [2.24, 2.45) is 0 Å². The number of pyridine rings is 1. The van der Waals surface area contributed by atoms with Gasteiger partial charge in [0.15, 0.2) is 5.75 Å². The van der Waals surface area contributed by atoms with Crippen LogP contribution in [0.25, 0.3) is 10.9 Å². The molecular formula is C15H17NO4. The Hall–Kier alpha value is -2.14. The summed E-state index contributed by atoms with van der Waals surface area (Å²) in [6.45, 7) is 3.49. The number of para-hydroxylation sites is 1. The predicted molar refractivity (Wildman–Crippen MR) is 75.1 cm³/mol. The lowest BCUT2D eigenvalue weighted by Gasteiger charge is -2.22. The van der Waals surface area contributed by atoms with E-state index in [9.17, 15) is 15.0 Å². The third-order valence-electron chi connectivity index (χ3n) is 3.25. The molecule has 1 heterocycles. The lowest BCUT2D eigenvalue weighted by Crippen LogP contribution is -2.31. The van der Waals surface area contributed by atoms with Crippen molar-refractivity contribution in [1.82, 2.24) is 4.98 Å². The van der Waals surface area contributed by atoms with Crippen LogP contribution in [0.4, 0.5) is 0 Å². The zero-order chi connectivity index (χ0) is 14.8. The van der Waals surface area contributed by atoms with Gasteiger partial charge in [-0.1, -0.05) is 25.1 Å². The van der Waals surface area contributed by atoms with Crippen LogP contribution in [0.5, 0.6) is 5.75 Å². The molecule has 1 unspecified atom stereocenters. The van der Waals surface area contributed by atoms with Gasteiger partial charge in [0, 0.05) is 5.39 Å². The predicted octanol–water partition coefficient (Wildman–Crippen LogP) is 2.47. The van der Waals surface area contributed by atoms with Crippen molar-refractivity contribution in [2.75, 3.05) is 6.61 Å². The molecule has 5 nitrogen and oxygen atoms in total. The minimum atomic E-state index is -1.07. The molecule has 0 radical (unpaired) electrons. The van der Waals surface area contributed by atoms with Crippen LogP contribution >= 0.6 is 0 Å². The van der Waals surface area contributed by atoms with Crippen molar-refractivity contribution in [2.45, 2.75) is 25.9 Å². The Kier molecular flexibility index (Phi) is 3.90. The van der Waals surface area contributed by atoms with Crippen LogP contribution in [0.2, 0.25) is 0 Å². The number of aromatic nitrogens is 1. The summed E-state index contributed by atoms with van der Waals surface area (Å²) < 4.78 is 5.47. The van der Waals surface area contributed by atoms with Crippen LogP contribution in [-0.4, -0.2) is 33.4 Å². The van der Waals surface area contributed by atoms with Crippen molar-refractivity contribution in [3.63, 3.8) is 0 Å². The number of carboxylic acid groups (broad SMARTS) is 1. The normalized spacial score (nSPS) is 13.9. The minimum absolute atomic E-state index is 0.0177. The van der Waals surface area contributed by atoms with Crippen LogP contribution < -0.4 is 4.74 Å². The molecule has 2 rings (SSSR count). The van der Waals surface area contributed by atoms with Gasteiger partial charge in [-0.15, -0.1) is 0 Å². The molecule has 1 aromatic heterocycles. The first-order valence-corrected chi connectivity index (χ1v) is 6.41. The summed E-state index contributed by atoms with van der Waals surface area (Å²) in [7, 11) is 0. The average molecular weight is 275 g/mol. The Balaban J connectivity index is 2.43. The number of hydrogen-bond donors (Lipinski definition) is 2. The fourth-order valence-electron chi connectivity index (χ4n) is 1.79. The van der Waals surface area contributed by atoms with Gasteiger partial charge in [0.2, 0.25) is 0 Å². The van der Waals surface area contributed by atoms with E-state index in [4.69, 9.17) is 4.74 Å². The van der Waals surface area contributed by atoms with Gasteiger partial charge in [0.25, 0.3) is 0 Å². The number of carboxylic acids is 1. The largest absolute Gasteiger partial charge is 0.488 e. The van der Waals surface area contributed by atoms with Gasteiger partial charge in [-0.05, 0) is 19.4 Å². The Morgan fingerprint density at radius 2 is 2.10 bits per heavy atom. The summed E-state index contributed by atoms with van der Waals surface area (Å²) in [4.78, 5) is 15.6. The van der Waals surface area contributed by atoms with E-state index in [-0.39, 0.29) is 17.9 Å². The fourth-order valence-corrected chi connectivity index (χ4v) is 1.79. The highest BCUT2D eigenvalue weighted by Gasteiger charge is 2.22. The summed E-state index contributed by atoms with van der Waals surface area (Å²) in [6, 6.07) is 6.98. The smallest absolute Gasteiger partial charge is 0.340 e. The number of carbonyl (C=O) groups is 1. The molecule has 0 bridgehead atoms. The molecule has 0 fully saturated rings. The van der Waals surface area contributed by atoms with E-state index >= 15 is 0 Å². The number of aliphatic hydroxyl groups is 1. The third kappa shape index (κ3) is 2.88. The summed E-state index contributed by atoms with van der Waals surface area (Å²) >= 11 is 0. The van der Waals surface area contributed by atoms with Crippen LogP contribution in [0, 0.1) is 0 Å². The molecule has 2 aromatic rings. The van der Waals surface area contributed by atoms with Gasteiger partial charge < -0.3 is 14.9 Å². The summed E-state index contributed by atoms with van der Waals surface area (Å²) in [5.74, 6) is -0.903. The van der Waals surface area contributed by atoms with Crippen molar-refractivity contribution >= 4 is 16.9 Å². The lowest BCUT2D eigenvalue weighted by molar-refractivity contribution is 0.00785. The second-order valence-electron chi connectivity index (χ2n) is 4.96. The Morgan fingerprint density at radius 1 is 1.40 bits per heavy atom. The molecule has 0 aliphatic rings. The van der Waals surface area contributed by atoms with Crippen molar-refractivity contribution in [1.29, 1.82) is 0 Å². The van der Waals surface area contributed by atoms with Gasteiger partial charge >= 0.3 is 5.97 Å². The molecule has 1 atom stereocenters. The SMILES string of the molecule is CCC(C)(O)COc1cnc2ccccc2c1C(=O)O. The number of aromatic carboxylic acids is 1. The van der Waals surface area contributed by atoms with Crippen molar-refractivity contribution in [3.05, 3.63) is 36.0 Å². The second-order valence-corrected chi connectivity index (χ2v) is 4.96. The van der Waals surface area contributed by atoms with E-state index in [1.807, 2.05) is 6.92 Å². The highest BCUT2D eigenvalue weighted by atomic mass is 16.5. The fraction of sp³-hybridized carbons (Fsp3) is 0.333. The molecule has 20 heavy (non-hydrogen) atoms. The van der Waals surface area contributed by atoms with E-state index in [0.717, 1.165) is 0 Å². The first-order chi connectivity index (χ1) is 9.44. The molecule has 0 aliphatic carbocycles. The Morgan fingerprint density at radius 3 is 2.75 bits per heavy atom. The maximum absolute atomic E-state index is 11.5. The first-order valence-electron chi connectivity index (χ1n) is 6.41. The van der Waals surface area contributed by atoms with E-state index in [1.165, 1.54) is 6.20 Å². The third-order valence-corrected chi connectivity index (χ3v) is 3.25. The molecule has 2 N–H and O–H groups in total. The summed E-state index contributed by atoms with van der Waals surface area (Å²) in [5, 5.41) is 19.8. The van der Waals surface area contributed by atoms with E-state index in [0.29, 0.717) is 17.3 Å². The molecule has 1 aromatic carbocycles. The number of hydrogen-bond acceptors (Lipinski definition) is 4. The van der Waals surface area contributed by atoms with Crippen LogP contribution in [0.15, 0.2) is 30.5 Å². The standard InChI is InChI=1S/C15H17NO4/c1-3-15(2,19)9-20-12-8-16-11-7-5-4-6-10(11)13(12)14(17)18/h4-8,19H,3,9H2,1-2H3,(H,17,18). The average Bonchev–Trinajstić information content (AvgIpc) is 2.44. The topological polar surface area (TPSA) is 79.7 Å². The highest BCUT2D eigenvalue weighted by Crippen LogP contribution is 2.27. The monoisotopic (exact) mass is 275 g/mol. The number of fused-ring (bicyclic) bond motifs is 1. The molecule has 0 saturated heterocycles. The quantitative estimate of drug-likeness (QED) is 0.876. The van der Waals surface area contributed by atoms with Crippen LogP contribution in [0.1, 0.15) is 30.6 Å². The zero-order valence-corrected chi connectivity index (χ0v) is 11.5. The van der Waals surface area contributed by atoms with Crippen LogP contribution in [0.3, 0.4) is 0 Å². The van der Waals surface area contributed by atoms with Crippen molar-refractivity contribution < 1.29 is 19.7 Å². The molecule has 0 saturated carbocycles. The van der Waals surface area contributed by atoms with Gasteiger partial charge in [-0.25, -0.2) is 4.79 Å². The molecule has 0 spiro atoms. The number of rotatable bonds is 5. The van der Waals surface area contributed by atoms with Gasteiger partial charge in [-0.2, -0.15) is 0 Å². The maximum Gasteiger partial charge on any atom is 0.340 e. The summed E-state index contributed by atoms with van der Waals surface area (Å²) in [5.41, 5.74) is -0.330. The number of nitrogens with zero attached hydrogens (tertiary/aromatic N) is 1.